The molecular formula is C15H13ClN2O2S. The average Bonchev–Trinajstić information content (AvgIpc) is 2.99. The molecule has 21 heavy (non-hydrogen) atoms. The predicted octanol–water partition coefficient (Wildman–Crippen LogP) is 4.44. The van der Waals surface area contributed by atoms with Gasteiger partial charge in [0.1, 0.15) is 9.88 Å². The zero-order valence-electron chi connectivity index (χ0n) is 11.6. The first kappa shape index (κ1) is 14.1. The Morgan fingerprint density at radius 1 is 1.48 bits per heavy atom. The number of aromatic nitrogens is 2. The van der Waals surface area contributed by atoms with Gasteiger partial charge in [-0.05, 0) is 32.0 Å². The van der Waals surface area contributed by atoms with Crippen molar-refractivity contribution in [3.8, 4) is 10.6 Å². The summed E-state index contributed by atoms with van der Waals surface area (Å²) in [5.74, 6) is -0.938. The van der Waals surface area contributed by atoms with Gasteiger partial charge in [-0.3, -0.25) is 0 Å². The van der Waals surface area contributed by atoms with Crippen molar-refractivity contribution in [3.63, 3.8) is 0 Å². The van der Waals surface area contributed by atoms with Crippen molar-refractivity contribution in [3.05, 3.63) is 40.0 Å². The van der Waals surface area contributed by atoms with E-state index < -0.39 is 5.97 Å². The van der Waals surface area contributed by atoms with Crippen LogP contribution in [0.25, 0.3) is 21.5 Å². The summed E-state index contributed by atoms with van der Waals surface area (Å²) in [4.78, 5) is 15.8. The molecule has 6 heteroatoms. The maximum absolute atomic E-state index is 11.1. The quantitative estimate of drug-likeness (QED) is 0.776. The summed E-state index contributed by atoms with van der Waals surface area (Å²) in [5.41, 5.74) is 2.50. The Labute approximate surface area is 130 Å². The molecule has 1 N–H and O–H groups in total. The minimum atomic E-state index is -0.938. The number of hydrogen-bond acceptors (Lipinski definition) is 3. The second-order valence-electron chi connectivity index (χ2n) is 4.73. The minimum Gasteiger partial charge on any atom is -0.477 e. The van der Waals surface area contributed by atoms with Gasteiger partial charge in [0.2, 0.25) is 0 Å². The number of carboxylic acids is 1. The number of carbonyl (C=O) groups is 1. The summed E-state index contributed by atoms with van der Waals surface area (Å²) in [7, 11) is 0. The zero-order chi connectivity index (χ0) is 15.1. The van der Waals surface area contributed by atoms with Gasteiger partial charge in [0.15, 0.2) is 0 Å². The number of aromatic carboxylic acids is 1. The molecule has 2 heterocycles. The monoisotopic (exact) mass is 320 g/mol. The lowest BCUT2D eigenvalue weighted by molar-refractivity contribution is 0.0701. The first-order valence-electron chi connectivity index (χ1n) is 6.50. The molecule has 0 unspecified atom stereocenters. The van der Waals surface area contributed by atoms with E-state index in [9.17, 15) is 4.79 Å². The van der Waals surface area contributed by atoms with Crippen LogP contribution in [0.1, 0.15) is 22.3 Å². The molecule has 1 aromatic carbocycles. The van der Waals surface area contributed by atoms with Gasteiger partial charge in [0, 0.05) is 29.2 Å². The molecule has 0 amide bonds. The molecular weight excluding hydrogens is 308 g/mol. The van der Waals surface area contributed by atoms with Gasteiger partial charge in [-0.25, -0.2) is 9.78 Å². The number of hydrogen-bond donors (Lipinski definition) is 1. The Kier molecular flexibility index (Phi) is 3.47. The topological polar surface area (TPSA) is 55.1 Å². The first-order chi connectivity index (χ1) is 10.0. The smallest absolute Gasteiger partial charge is 0.347 e. The lowest BCUT2D eigenvalue weighted by Gasteiger charge is -2.01. The van der Waals surface area contributed by atoms with E-state index in [-0.39, 0.29) is 4.88 Å². The van der Waals surface area contributed by atoms with Gasteiger partial charge in [-0.2, -0.15) is 0 Å². The van der Waals surface area contributed by atoms with Crippen molar-refractivity contribution in [2.75, 3.05) is 0 Å². The third kappa shape index (κ3) is 2.32. The highest BCUT2D eigenvalue weighted by Crippen LogP contribution is 2.33. The summed E-state index contributed by atoms with van der Waals surface area (Å²) in [6.45, 7) is 4.62. The number of thiazole rings is 1. The van der Waals surface area contributed by atoms with E-state index in [4.69, 9.17) is 16.7 Å². The summed E-state index contributed by atoms with van der Waals surface area (Å²) >= 11 is 7.46. The number of rotatable bonds is 3. The molecule has 0 aliphatic carbocycles. The van der Waals surface area contributed by atoms with Crippen LogP contribution >= 0.6 is 22.9 Å². The van der Waals surface area contributed by atoms with Gasteiger partial charge >= 0.3 is 5.97 Å². The van der Waals surface area contributed by atoms with Gasteiger partial charge in [0.25, 0.3) is 0 Å². The Bertz CT molecular complexity index is 851. The second-order valence-corrected chi connectivity index (χ2v) is 6.14. The van der Waals surface area contributed by atoms with Gasteiger partial charge in [0.05, 0.1) is 10.7 Å². The molecule has 0 atom stereocenters. The molecule has 3 aromatic rings. The van der Waals surface area contributed by atoms with Crippen LogP contribution in [0.5, 0.6) is 0 Å². The number of fused-ring (bicyclic) bond motifs is 1. The molecule has 3 rings (SSSR count). The minimum absolute atomic E-state index is 0.280. The fourth-order valence-corrected chi connectivity index (χ4v) is 3.54. The second kappa shape index (κ2) is 5.16. The van der Waals surface area contributed by atoms with Crippen LogP contribution in [-0.2, 0) is 6.54 Å². The molecule has 4 nitrogen and oxygen atoms in total. The molecule has 0 radical (unpaired) electrons. The van der Waals surface area contributed by atoms with Crippen molar-refractivity contribution < 1.29 is 9.90 Å². The predicted molar refractivity (Wildman–Crippen MR) is 85.4 cm³/mol. The van der Waals surface area contributed by atoms with Crippen LogP contribution in [-0.4, -0.2) is 20.6 Å². The van der Waals surface area contributed by atoms with E-state index >= 15 is 0 Å². The molecule has 0 saturated carbocycles. The van der Waals surface area contributed by atoms with Crippen LogP contribution in [0, 0.1) is 6.92 Å². The van der Waals surface area contributed by atoms with E-state index in [0.29, 0.717) is 15.7 Å². The van der Waals surface area contributed by atoms with E-state index in [1.807, 2.05) is 24.4 Å². The van der Waals surface area contributed by atoms with Crippen molar-refractivity contribution in [2.24, 2.45) is 0 Å². The van der Waals surface area contributed by atoms with Crippen LogP contribution in [0.15, 0.2) is 24.4 Å². The molecule has 0 aliphatic heterocycles. The molecule has 0 aliphatic rings. The third-order valence-electron chi connectivity index (χ3n) is 3.41. The normalized spacial score (nSPS) is 11.2. The van der Waals surface area contributed by atoms with Crippen molar-refractivity contribution in [2.45, 2.75) is 20.4 Å². The first-order valence-corrected chi connectivity index (χ1v) is 7.70. The number of aryl methyl sites for hydroxylation is 2. The van der Waals surface area contributed by atoms with Gasteiger partial charge < -0.3 is 9.67 Å². The standard InChI is InChI=1S/C15H13ClN2O2S/c1-3-18-7-11(16)10-6-9(4-5-12(10)18)14-17-8(2)13(21-14)15(19)20/h4-7H,3H2,1-2H3,(H,19,20). The van der Waals surface area contributed by atoms with E-state index in [0.717, 1.165) is 23.0 Å². The van der Waals surface area contributed by atoms with Gasteiger partial charge in [-0.1, -0.05) is 11.6 Å². The maximum Gasteiger partial charge on any atom is 0.347 e. The summed E-state index contributed by atoms with van der Waals surface area (Å²) in [6.07, 6.45) is 1.91. The Hall–Kier alpha value is -1.85. The fourth-order valence-electron chi connectivity index (χ4n) is 2.37. The Morgan fingerprint density at radius 2 is 2.24 bits per heavy atom. The molecule has 2 aromatic heterocycles. The van der Waals surface area contributed by atoms with Gasteiger partial charge in [-0.15, -0.1) is 11.3 Å². The molecule has 0 saturated heterocycles. The molecule has 0 bridgehead atoms. The third-order valence-corrected chi connectivity index (χ3v) is 4.91. The van der Waals surface area contributed by atoms with E-state index in [1.165, 1.54) is 11.3 Å². The number of halogens is 1. The largest absolute Gasteiger partial charge is 0.477 e. The van der Waals surface area contributed by atoms with Crippen molar-refractivity contribution in [1.29, 1.82) is 0 Å². The van der Waals surface area contributed by atoms with Crippen molar-refractivity contribution >= 4 is 39.8 Å². The highest BCUT2D eigenvalue weighted by molar-refractivity contribution is 7.17. The molecule has 0 spiro atoms. The van der Waals surface area contributed by atoms with E-state index in [1.54, 1.807) is 6.92 Å². The van der Waals surface area contributed by atoms with Crippen LogP contribution in [0.2, 0.25) is 5.02 Å². The number of carboxylic acid groups (broad SMARTS) is 1. The summed E-state index contributed by atoms with van der Waals surface area (Å²) < 4.78 is 2.08. The maximum atomic E-state index is 11.1. The van der Waals surface area contributed by atoms with Crippen LogP contribution < -0.4 is 0 Å². The average molecular weight is 321 g/mol. The Morgan fingerprint density at radius 3 is 2.86 bits per heavy atom. The SMILES string of the molecule is CCn1cc(Cl)c2cc(-c3nc(C)c(C(=O)O)s3)ccc21. The van der Waals surface area contributed by atoms with Crippen LogP contribution in [0.3, 0.4) is 0 Å². The van der Waals surface area contributed by atoms with E-state index in [2.05, 4.69) is 16.5 Å². The lowest BCUT2D eigenvalue weighted by atomic mass is 10.1. The Balaban J connectivity index is 2.15. The lowest BCUT2D eigenvalue weighted by Crippen LogP contribution is -1.94. The highest BCUT2D eigenvalue weighted by Gasteiger charge is 2.16. The van der Waals surface area contributed by atoms with Crippen molar-refractivity contribution in [1.82, 2.24) is 9.55 Å². The number of benzene rings is 1. The fraction of sp³-hybridized carbons (Fsp3) is 0.200. The molecule has 108 valence electrons. The molecule has 0 fully saturated rings. The summed E-state index contributed by atoms with van der Waals surface area (Å²) in [6, 6.07) is 5.92. The summed E-state index contributed by atoms with van der Waals surface area (Å²) in [5, 5.41) is 11.5. The van der Waals surface area contributed by atoms with Crippen LogP contribution in [0.4, 0.5) is 0 Å². The number of nitrogens with zero attached hydrogens (tertiary/aromatic N) is 2. The highest BCUT2D eigenvalue weighted by atomic mass is 35.5. The zero-order valence-corrected chi connectivity index (χ0v) is 13.1.